The topological polar surface area (TPSA) is 115 Å². The fourth-order valence-corrected chi connectivity index (χ4v) is 8.47. The second-order valence-corrected chi connectivity index (χ2v) is 14.6. The second-order valence-electron chi connectivity index (χ2n) is 14.2. The Balaban J connectivity index is 1.07. The molecule has 2 amide bonds. The lowest BCUT2D eigenvalue weighted by molar-refractivity contribution is -0.131. The molecule has 6 heterocycles. The number of likely N-dealkylation sites (tertiary alicyclic amines) is 2. The van der Waals surface area contributed by atoms with Gasteiger partial charge in [-0.2, -0.15) is 9.97 Å². The van der Waals surface area contributed by atoms with Crippen molar-refractivity contribution in [3.05, 3.63) is 65.6 Å². The summed E-state index contributed by atoms with van der Waals surface area (Å²) in [6, 6.07) is 10.8. The molecule has 11 nitrogen and oxygen atoms in total. The summed E-state index contributed by atoms with van der Waals surface area (Å²) in [5, 5.41) is 11.6. The number of nitrogens with zero attached hydrogens (tertiary/aromatic N) is 7. The van der Waals surface area contributed by atoms with Crippen molar-refractivity contribution in [1.82, 2.24) is 29.7 Å². The minimum absolute atomic E-state index is 0.00170. The number of anilines is 1. The van der Waals surface area contributed by atoms with E-state index in [2.05, 4.69) is 14.9 Å². The van der Waals surface area contributed by atoms with Gasteiger partial charge < -0.3 is 24.5 Å². The maximum Gasteiger partial charge on any atom is 0.407 e. The Labute approximate surface area is 298 Å². The van der Waals surface area contributed by atoms with Gasteiger partial charge in [0.1, 0.15) is 29.8 Å². The third-order valence-corrected chi connectivity index (χ3v) is 11.2. The van der Waals surface area contributed by atoms with Crippen LogP contribution in [0, 0.1) is 11.7 Å². The van der Waals surface area contributed by atoms with Crippen LogP contribution in [-0.2, 0) is 4.79 Å². The van der Waals surface area contributed by atoms with E-state index in [1.165, 1.54) is 11.0 Å². The zero-order valence-corrected chi connectivity index (χ0v) is 28.9. The first kappa shape index (κ1) is 33.5. The van der Waals surface area contributed by atoms with Crippen LogP contribution in [0.4, 0.5) is 19.4 Å². The molecule has 4 aliphatic heterocycles. The molecular weight excluding hydrogens is 680 g/mol. The molecule has 4 saturated heterocycles. The molecule has 0 aliphatic carbocycles. The van der Waals surface area contributed by atoms with Crippen LogP contribution in [0.3, 0.4) is 0 Å². The molecule has 4 aliphatic rings. The van der Waals surface area contributed by atoms with Gasteiger partial charge in [-0.05, 0) is 37.3 Å². The average Bonchev–Trinajstić information content (AvgIpc) is 3.60. The van der Waals surface area contributed by atoms with Gasteiger partial charge in [-0.15, -0.1) is 0 Å². The molecule has 266 valence electrons. The summed E-state index contributed by atoms with van der Waals surface area (Å²) >= 11 is 6.60. The molecule has 0 spiro atoms. The van der Waals surface area contributed by atoms with Crippen LogP contribution < -0.4 is 9.64 Å². The maximum absolute atomic E-state index is 16.7. The molecule has 4 fully saturated rings. The summed E-state index contributed by atoms with van der Waals surface area (Å²) in [5.41, 5.74) is 0.251. The fraction of sp³-hybridized carbons (Fsp3) is 0.432. The molecular formula is C37H38ClF2N7O4. The Kier molecular flexibility index (Phi) is 8.66. The molecule has 3 atom stereocenters. The molecule has 4 aromatic rings. The maximum atomic E-state index is 16.7. The molecule has 0 unspecified atom stereocenters. The first-order chi connectivity index (χ1) is 24.6. The molecule has 2 aromatic heterocycles. The number of carbonyl (C=O) groups is 2. The van der Waals surface area contributed by atoms with E-state index < -0.39 is 23.6 Å². The molecule has 1 N–H and O–H groups in total. The summed E-state index contributed by atoms with van der Waals surface area (Å²) in [6.45, 7) is 3.38. The molecule has 0 saturated carbocycles. The number of halogens is 3. The zero-order valence-electron chi connectivity index (χ0n) is 28.1. The summed E-state index contributed by atoms with van der Waals surface area (Å²) in [4.78, 5) is 45.0. The minimum atomic E-state index is -0.988. The van der Waals surface area contributed by atoms with Gasteiger partial charge in [0.05, 0.1) is 17.0 Å². The second kappa shape index (κ2) is 13.2. The van der Waals surface area contributed by atoms with Gasteiger partial charge in [0, 0.05) is 80.4 Å². The van der Waals surface area contributed by atoms with E-state index >= 15 is 4.39 Å². The number of hydrogen-bond donors (Lipinski definition) is 1. The normalized spacial score (nSPS) is 23.5. The molecule has 2 aromatic carbocycles. The average molecular weight is 718 g/mol. The van der Waals surface area contributed by atoms with E-state index in [9.17, 15) is 19.1 Å². The van der Waals surface area contributed by atoms with Crippen molar-refractivity contribution in [3.8, 4) is 17.3 Å². The lowest BCUT2D eigenvalue weighted by atomic mass is 9.95. The largest absolute Gasteiger partial charge is 0.465 e. The molecule has 0 radical (unpaired) electrons. The highest BCUT2D eigenvalue weighted by molar-refractivity contribution is 6.36. The van der Waals surface area contributed by atoms with Gasteiger partial charge >= 0.3 is 12.1 Å². The van der Waals surface area contributed by atoms with Crippen molar-refractivity contribution in [3.63, 3.8) is 0 Å². The number of fused-ring (bicyclic) bond motifs is 3. The van der Waals surface area contributed by atoms with Gasteiger partial charge in [-0.1, -0.05) is 48.0 Å². The quantitative estimate of drug-likeness (QED) is 0.215. The standard InChI is InChI=1S/C37H38ClF2N7O4/c1-44(17-22-18-45(19-22)29(48)10-9-25-11-14-47(25)36(49)50)34-27-16-41-32(26-7-2-5-23-6-3-8-28(38)30(23)26)31(40)33(27)42-35(43-34)51-21-37-12-4-13-46(37)20-24(39)15-37/h2-3,5-10,16,22,24-25H,4,11-15,17-21H2,1H3,(H,49,50)/b10-9+/t24-,25+,37+/m1/s1. The van der Waals surface area contributed by atoms with Gasteiger partial charge in [-0.25, -0.2) is 13.6 Å². The monoisotopic (exact) mass is 717 g/mol. The van der Waals surface area contributed by atoms with E-state index in [1.54, 1.807) is 29.3 Å². The zero-order chi connectivity index (χ0) is 35.4. The van der Waals surface area contributed by atoms with Crippen molar-refractivity contribution in [2.45, 2.75) is 43.4 Å². The summed E-state index contributed by atoms with van der Waals surface area (Å²) < 4.78 is 37.5. The lowest BCUT2D eigenvalue weighted by Gasteiger charge is -2.41. The van der Waals surface area contributed by atoms with Crippen LogP contribution in [-0.4, -0.2) is 117 Å². The number of rotatable bonds is 9. The number of ether oxygens (including phenoxy) is 1. The number of hydrogen-bond acceptors (Lipinski definition) is 8. The van der Waals surface area contributed by atoms with Crippen molar-refractivity contribution in [1.29, 1.82) is 0 Å². The summed E-state index contributed by atoms with van der Waals surface area (Å²) in [7, 11) is 1.85. The van der Waals surface area contributed by atoms with E-state index in [1.807, 2.05) is 36.2 Å². The van der Waals surface area contributed by atoms with E-state index in [0.29, 0.717) is 72.7 Å². The Hall–Kier alpha value is -4.62. The number of benzene rings is 2. The highest BCUT2D eigenvalue weighted by Crippen LogP contribution is 2.41. The SMILES string of the molecule is CN(CC1CN(C(=O)/C=C/[C@H]2CCN2C(=O)O)C1)c1nc(OC[C@@]23CCCN2C[C@H](F)C3)nc2c(F)c(-c3cccc4cccc(Cl)c34)ncc12. The van der Waals surface area contributed by atoms with Crippen molar-refractivity contribution in [2.24, 2.45) is 5.92 Å². The Morgan fingerprint density at radius 3 is 2.73 bits per heavy atom. The first-order valence-corrected chi connectivity index (χ1v) is 17.7. The highest BCUT2D eigenvalue weighted by Gasteiger charge is 2.49. The predicted molar refractivity (Wildman–Crippen MR) is 189 cm³/mol. The smallest absolute Gasteiger partial charge is 0.407 e. The van der Waals surface area contributed by atoms with Crippen LogP contribution in [0.2, 0.25) is 5.02 Å². The summed E-state index contributed by atoms with van der Waals surface area (Å²) in [5.74, 6) is -0.249. The first-order valence-electron chi connectivity index (χ1n) is 17.3. The minimum Gasteiger partial charge on any atom is -0.465 e. The van der Waals surface area contributed by atoms with Crippen molar-refractivity contribution >= 4 is 51.1 Å². The molecule has 8 rings (SSSR count). The number of carbonyl (C=O) groups excluding carboxylic acids is 1. The highest BCUT2D eigenvalue weighted by atomic mass is 35.5. The van der Waals surface area contributed by atoms with Gasteiger partial charge in [-0.3, -0.25) is 14.7 Å². The number of amides is 2. The van der Waals surface area contributed by atoms with Crippen LogP contribution >= 0.6 is 11.6 Å². The Morgan fingerprint density at radius 1 is 1.16 bits per heavy atom. The van der Waals surface area contributed by atoms with Crippen LogP contribution in [0.15, 0.2) is 54.7 Å². The van der Waals surface area contributed by atoms with Crippen LogP contribution in [0.25, 0.3) is 32.9 Å². The Morgan fingerprint density at radius 2 is 1.96 bits per heavy atom. The van der Waals surface area contributed by atoms with E-state index in [-0.39, 0.29) is 41.7 Å². The van der Waals surface area contributed by atoms with Gasteiger partial charge in [0.25, 0.3) is 0 Å². The number of carboxylic acid groups (broad SMARTS) is 1. The van der Waals surface area contributed by atoms with Crippen molar-refractivity contribution in [2.75, 3.05) is 57.8 Å². The van der Waals surface area contributed by atoms with Crippen LogP contribution in [0.5, 0.6) is 6.01 Å². The molecule has 0 bridgehead atoms. The molecule has 14 heteroatoms. The third kappa shape index (κ3) is 6.09. The van der Waals surface area contributed by atoms with Crippen molar-refractivity contribution < 1.29 is 28.2 Å². The third-order valence-electron chi connectivity index (χ3n) is 10.9. The fourth-order valence-electron chi connectivity index (χ4n) is 8.19. The number of aromatic nitrogens is 3. The number of pyridine rings is 1. The molecule has 51 heavy (non-hydrogen) atoms. The van der Waals surface area contributed by atoms with Crippen LogP contribution in [0.1, 0.15) is 25.7 Å². The van der Waals surface area contributed by atoms with E-state index in [0.717, 1.165) is 24.8 Å². The summed E-state index contributed by atoms with van der Waals surface area (Å²) in [6.07, 6.45) is 5.61. The van der Waals surface area contributed by atoms with Gasteiger partial charge in [0.15, 0.2) is 5.82 Å². The van der Waals surface area contributed by atoms with Gasteiger partial charge in [0.2, 0.25) is 5.91 Å². The predicted octanol–water partition coefficient (Wildman–Crippen LogP) is 5.80. The Bertz CT molecular complexity index is 2060. The lowest BCUT2D eigenvalue weighted by Crippen LogP contribution is -2.53. The number of alkyl halides is 1. The van der Waals surface area contributed by atoms with E-state index in [4.69, 9.17) is 21.3 Å².